The van der Waals surface area contributed by atoms with Crippen molar-refractivity contribution in [2.45, 2.75) is 51.0 Å². The number of aryl methyl sites for hydroxylation is 2. The highest BCUT2D eigenvalue weighted by Crippen LogP contribution is 2.41. The quantitative estimate of drug-likeness (QED) is 0.606. The van der Waals surface area contributed by atoms with Crippen LogP contribution in [0, 0.1) is 6.92 Å². The highest BCUT2D eigenvalue weighted by molar-refractivity contribution is 5.80. The van der Waals surface area contributed by atoms with Gasteiger partial charge in [-0.15, -0.1) is 0 Å². The number of benzene rings is 1. The lowest BCUT2D eigenvalue weighted by Gasteiger charge is -2.36. The fourth-order valence-electron chi connectivity index (χ4n) is 4.87. The minimum Gasteiger partial charge on any atom is -0.370 e. The normalized spacial score (nSPS) is 21.8. The van der Waals surface area contributed by atoms with Crippen LogP contribution >= 0.6 is 0 Å². The first-order chi connectivity index (χ1) is 14.6. The number of morpholine rings is 1. The van der Waals surface area contributed by atoms with Gasteiger partial charge in [0, 0.05) is 37.3 Å². The number of rotatable bonds is 5. The number of hydrogen-bond donors (Lipinski definition) is 1. The van der Waals surface area contributed by atoms with E-state index in [0.29, 0.717) is 6.61 Å². The summed E-state index contributed by atoms with van der Waals surface area (Å²) in [6, 6.07) is 9.04. The van der Waals surface area contributed by atoms with Crippen LogP contribution < -0.4 is 5.32 Å². The third-order valence-corrected chi connectivity index (χ3v) is 6.52. The van der Waals surface area contributed by atoms with E-state index in [9.17, 15) is 0 Å². The van der Waals surface area contributed by atoms with Crippen LogP contribution in [0.25, 0.3) is 0 Å². The number of guanidine groups is 1. The Bertz CT molecular complexity index is 868. The van der Waals surface area contributed by atoms with Crippen molar-refractivity contribution in [3.8, 4) is 0 Å². The van der Waals surface area contributed by atoms with E-state index < -0.39 is 0 Å². The van der Waals surface area contributed by atoms with Crippen LogP contribution in [0.4, 0.5) is 0 Å². The topological polar surface area (TPSA) is 54.7 Å². The third-order valence-electron chi connectivity index (χ3n) is 6.52. The van der Waals surface area contributed by atoms with Gasteiger partial charge in [0.05, 0.1) is 25.9 Å². The van der Waals surface area contributed by atoms with Gasteiger partial charge in [-0.05, 0) is 32.3 Å². The van der Waals surface area contributed by atoms with Crippen molar-refractivity contribution in [3.63, 3.8) is 0 Å². The summed E-state index contributed by atoms with van der Waals surface area (Å²) in [6.07, 6.45) is 9.02. The molecule has 4 rings (SSSR count). The molecule has 1 saturated carbocycles. The van der Waals surface area contributed by atoms with Gasteiger partial charge < -0.3 is 15.0 Å². The lowest BCUT2D eigenvalue weighted by Crippen LogP contribution is -2.48. The highest BCUT2D eigenvalue weighted by atomic mass is 16.5. The Labute approximate surface area is 180 Å². The van der Waals surface area contributed by atoms with Crippen molar-refractivity contribution in [1.29, 1.82) is 0 Å². The molecule has 2 aliphatic rings. The zero-order chi connectivity index (χ0) is 21.0. The Morgan fingerprint density at radius 3 is 2.87 bits per heavy atom. The molecule has 30 heavy (non-hydrogen) atoms. The first kappa shape index (κ1) is 20.9. The maximum absolute atomic E-state index is 6.04. The van der Waals surface area contributed by atoms with Crippen molar-refractivity contribution in [2.24, 2.45) is 12.0 Å². The highest BCUT2D eigenvalue weighted by Gasteiger charge is 2.36. The van der Waals surface area contributed by atoms with Gasteiger partial charge in [0.15, 0.2) is 5.96 Å². The van der Waals surface area contributed by atoms with Crippen molar-refractivity contribution in [3.05, 3.63) is 53.3 Å². The third kappa shape index (κ3) is 4.53. The predicted octanol–water partition coefficient (Wildman–Crippen LogP) is 3.58. The Morgan fingerprint density at radius 1 is 1.33 bits per heavy atom. The molecular formula is C24H35N5O. The molecule has 1 aromatic heterocycles. The summed E-state index contributed by atoms with van der Waals surface area (Å²) in [5, 5.41) is 7.84. The van der Waals surface area contributed by atoms with Gasteiger partial charge in [-0.2, -0.15) is 5.10 Å². The summed E-state index contributed by atoms with van der Waals surface area (Å²) in [7, 11) is 1.95. The smallest absolute Gasteiger partial charge is 0.194 e. The van der Waals surface area contributed by atoms with Gasteiger partial charge in [-0.25, -0.2) is 0 Å². The minimum atomic E-state index is 0.0357. The summed E-state index contributed by atoms with van der Waals surface area (Å²) in [4.78, 5) is 7.54. The zero-order valence-corrected chi connectivity index (χ0v) is 18.6. The lowest BCUT2D eigenvalue weighted by molar-refractivity contribution is -0.00807. The molecule has 0 spiro atoms. The SMILES string of the molecule is CCNC(=NCC1(c2cccc(C)c2)CCCC1)N1CCOC(c2cnn(C)c2)C1. The van der Waals surface area contributed by atoms with Crippen LogP contribution in [-0.4, -0.2) is 53.4 Å². The van der Waals surface area contributed by atoms with Gasteiger partial charge in [0.25, 0.3) is 0 Å². The second-order valence-electron chi connectivity index (χ2n) is 8.78. The summed E-state index contributed by atoms with van der Waals surface area (Å²) < 4.78 is 7.87. The maximum Gasteiger partial charge on any atom is 0.194 e. The van der Waals surface area contributed by atoms with E-state index in [1.54, 1.807) is 0 Å². The van der Waals surface area contributed by atoms with E-state index in [1.165, 1.54) is 36.8 Å². The zero-order valence-electron chi connectivity index (χ0n) is 18.6. The van der Waals surface area contributed by atoms with Gasteiger partial charge in [-0.1, -0.05) is 42.7 Å². The Balaban J connectivity index is 1.54. The summed E-state index contributed by atoms with van der Waals surface area (Å²) >= 11 is 0. The van der Waals surface area contributed by atoms with Crippen molar-refractivity contribution >= 4 is 5.96 Å². The van der Waals surface area contributed by atoms with Gasteiger partial charge in [0.2, 0.25) is 0 Å². The number of nitrogens with zero attached hydrogens (tertiary/aromatic N) is 4. The number of aliphatic imine (C=N–C) groups is 1. The van der Waals surface area contributed by atoms with Gasteiger partial charge in [-0.3, -0.25) is 9.67 Å². The molecule has 0 radical (unpaired) electrons. The van der Waals surface area contributed by atoms with E-state index >= 15 is 0 Å². The summed E-state index contributed by atoms with van der Waals surface area (Å²) in [6.45, 7) is 8.40. The van der Waals surface area contributed by atoms with Crippen LogP contribution in [0.2, 0.25) is 0 Å². The molecule has 0 amide bonds. The average molecular weight is 410 g/mol. The fourth-order valence-corrected chi connectivity index (χ4v) is 4.87. The molecule has 1 atom stereocenters. The first-order valence-corrected chi connectivity index (χ1v) is 11.3. The minimum absolute atomic E-state index is 0.0357. The standard InChI is InChI=1S/C24H35N5O/c1-4-25-23(29-12-13-30-22(17-29)20-15-27-28(3)16-20)26-18-24(10-5-6-11-24)21-9-7-8-19(2)14-21/h7-9,14-16,22H,4-6,10-13,17-18H2,1-3H3,(H,25,26). The van der Waals surface area contributed by atoms with Crippen LogP contribution in [0.15, 0.2) is 41.7 Å². The van der Waals surface area contributed by atoms with Crippen LogP contribution in [0.5, 0.6) is 0 Å². The molecule has 0 bridgehead atoms. The first-order valence-electron chi connectivity index (χ1n) is 11.3. The van der Waals surface area contributed by atoms with E-state index in [4.69, 9.17) is 9.73 Å². The molecule has 1 saturated heterocycles. The molecule has 1 N–H and O–H groups in total. The molecule has 1 aliphatic carbocycles. The number of nitrogens with one attached hydrogen (secondary N) is 1. The second-order valence-corrected chi connectivity index (χ2v) is 8.78. The van der Waals surface area contributed by atoms with Crippen LogP contribution in [-0.2, 0) is 17.2 Å². The maximum atomic E-state index is 6.04. The van der Waals surface area contributed by atoms with E-state index in [1.807, 2.05) is 24.1 Å². The number of aromatic nitrogens is 2. The van der Waals surface area contributed by atoms with E-state index in [0.717, 1.165) is 37.7 Å². The molecule has 1 aliphatic heterocycles. The van der Waals surface area contributed by atoms with E-state index in [2.05, 4.69) is 53.4 Å². The van der Waals surface area contributed by atoms with Gasteiger partial charge in [0.1, 0.15) is 6.10 Å². The molecule has 1 aromatic carbocycles. The van der Waals surface area contributed by atoms with E-state index in [-0.39, 0.29) is 11.5 Å². The molecule has 6 heteroatoms. The molecule has 1 unspecified atom stereocenters. The molecule has 162 valence electrons. The lowest BCUT2D eigenvalue weighted by atomic mass is 9.78. The second kappa shape index (κ2) is 9.21. The molecule has 2 heterocycles. The predicted molar refractivity (Wildman–Crippen MR) is 121 cm³/mol. The summed E-state index contributed by atoms with van der Waals surface area (Å²) in [5.41, 5.74) is 4.09. The Morgan fingerprint density at radius 2 is 2.17 bits per heavy atom. The Hall–Kier alpha value is -2.34. The summed E-state index contributed by atoms with van der Waals surface area (Å²) in [5.74, 6) is 1.01. The van der Waals surface area contributed by atoms with Crippen molar-refractivity contribution in [1.82, 2.24) is 20.0 Å². The van der Waals surface area contributed by atoms with Gasteiger partial charge >= 0.3 is 0 Å². The molecule has 2 aromatic rings. The molecule has 6 nitrogen and oxygen atoms in total. The Kier molecular flexibility index (Phi) is 6.42. The molecular weight excluding hydrogens is 374 g/mol. The average Bonchev–Trinajstić information content (AvgIpc) is 3.41. The number of ether oxygens (including phenoxy) is 1. The fraction of sp³-hybridized carbons (Fsp3) is 0.583. The monoisotopic (exact) mass is 409 g/mol. The van der Waals surface area contributed by atoms with Crippen LogP contribution in [0.3, 0.4) is 0 Å². The largest absolute Gasteiger partial charge is 0.370 e. The molecule has 2 fully saturated rings. The van der Waals surface area contributed by atoms with Crippen LogP contribution in [0.1, 0.15) is 55.4 Å². The van der Waals surface area contributed by atoms with Crippen molar-refractivity contribution in [2.75, 3.05) is 32.8 Å². The van der Waals surface area contributed by atoms with Crippen molar-refractivity contribution < 1.29 is 4.74 Å². The number of hydrogen-bond acceptors (Lipinski definition) is 3.